The van der Waals surface area contributed by atoms with Gasteiger partial charge in [0.25, 0.3) is 0 Å². The Bertz CT molecular complexity index is 905. The van der Waals surface area contributed by atoms with Crippen LogP contribution >= 0.6 is 0 Å². The molecule has 0 saturated heterocycles. The van der Waals surface area contributed by atoms with Crippen LogP contribution in [0, 0.1) is 13.8 Å². The van der Waals surface area contributed by atoms with Gasteiger partial charge in [0.1, 0.15) is 0 Å². The average Bonchev–Trinajstić information content (AvgIpc) is 2.85. The third-order valence-electron chi connectivity index (χ3n) is 6.70. The number of aryl methyl sites for hydroxylation is 1. The van der Waals surface area contributed by atoms with Gasteiger partial charge in [-0.25, -0.2) is 0 Å². The lowest BCUT2D eigenvalue weighted by Gasteiger charge is -2.32. The first kappa shape index (κ1) is 16.5. The maximum Gasteiger partial charge on any atom is 0.160 e. The van der Waals surface area contributed by atoms with E-state index in [2.05, 4.69) is 52.8 Å². The van der Waals surface area contributed by atoms with Gasteiger partial charge in [0.2, 0.25) is 0 Å². The smallest absolute Gasteiger partial charge is 0.160 e. The van der Waals surface area contributed by atoms with Gasteiger partial charge in [0.15, 0.2) is 11.5 Å². The van der Waals surface area contributed by atoms with Crippen molar-refractivity contribution in [3.8, 4) is 11.5 Å². The number of phenolic OH excluding ortho intramolecular Hbond substituents is 2. The van der Waals surface area contributed by atoms with E-state index in [4.69, 9.17) is 0 Å². The highest BCUT2D eigenvalue weighted by atomic mass is 16.3. The summed E-state index contributed by atoms with van der Waals surface area (Å²) >= 11 is 0. The zero-order valence-corrected chi connectivity index (χ0v) is 16.1. The largest absolute Gasteiger partial charge is 0.504 e. The second kappa shape index (κ2) is 4.60. The van der Waals surface area contributed by atoms with Gasteiger partial charge in [0.05, 0.1) is 0 Å². The van der Waals surface area contributed by atoms with Gasteiger partial charge in [-0.15, -0.1) is 0 Å². The van der Waals surface area contributed by atoms with Gasteiger partial charge in [-0.3, -0.25) is 0 Å². The molecule has 1 unspecified atom stereocenters. The average molecular weight is 336 g/mol. The highest BCUT2D eigenvalue weighted by Gasteiger charge is 2.57. The predicted molar refractivity (Wildman–Crippen MR) is 102 cm³/mol. The summed E-state index contributed by atoms with van der Waals surface area (Å²) in [6.07, 6.45) is 2.06. The molecule has 1 atom stereocenters. The second-order valence-electron chi connectivity index (χ2n) is 9.49. The van der Waals surface area contributed by atoms with E-state index in [1.54, 1.807) is 6.07 Å². The summed E-state index contributed by atoms with van der Waals surface area (Å²) in [5.41, 5.74) is 7.46. The second-order valence-corrected chi connectivity index (χ2v) is 9.49. The zero-order valence-electron chi connectivity index (χ0n) is 16.1. The van der Waals surface area contributed by atoms with E-state index >= 15 is 0 Å². The molecule has 1 spiro atoms. The van der Waals surface area contributed by atoms with Crippen LogP contribution < -0.4 is 0 Å². The first-order chi connectivity index (χ1) is 11.5. The number of hydrogen-bond donors (Lipinski definition) is 2. The topological polar surface area (TPSA) is 40.5 Å². The Morgan fingerprint density at radius 1 is 0.840 bits per heavy atom. The van der Waals surface area contributed by atoms with Crippen LogP contribution in [0.1, 0.15) is 73.9 Å². The van der Waals surface area contributed by atoms with Crippen LogP contribution in [-0.4, -0.2) is 10.2 Å². The molecule has 2 heteroatoms. The predicted octanol–water partition coefficient (Wildman–Crippen LogP) is 5.36. The molecule has 0 amide bonds. The van der Waals surface area contributed by atoms with Crippen LogP contribution in [-0.2, 0) is 16.2 Å². The van der Waals surface area contributed by atoms with Crippen molar-refractivity contribution in [2.24, 2.45) is 0 Å². The Morgan fingerprint density at radius 3 is 2.08 bits per heavy atom. The summed E-state index contributed by atoms with van der Waals surface area (Å²) in [6.45, 7) is 13.4. The van der Waals surface area contributed by atoms with Crippen molar-refractivity contribution in [1.82, 2.24) is 0 Å². The molecule has 2 aliphatic rings. The minimum atomic E-state index is -0.0850. The van der Waals surface area contributed by atoms with Crippen LogP contribution in [0.15, 0.2) is 24.3 Å². The Hall–Kier alpha value is -1.96. The Labute approximate surface area is 150 Å². The number of aromatic hydroxyl groups is 2. The molecule has 2 N–H and O–H groups in total. The van der Waals surface area contributed by atoms with Crippen molar-refractivity contribution in [2.75, 3.05) is 0 Å². The highest BCUT2D eigenvalue weighted by Crippen LogP contribution is 2.65. The first-order valence-corrected chi connectivity index (χ1v) is 9.18. The van der Waals surface area contributed by atoms with Gasteiger partial charge >= 0.3 is 0 Å². The molecule has 0 aromatic heterocycles. The maximum absolute atomic E-state index is 10.5. The fourth-order valence-corrected chi connectivity index (χ4v) is 6.05. The Balaban J connectivity index is 2.14. The van der Waals surface area contributed by atoms with Crippen molar-refractivity contribution in [2.45, 2.75) is 70.6 Å². The van der Waals surface area contributed by atoms with E-state index in [1.807, 2.05) is 6.92 Å². The number of rotatable bonds is 0. The van der Waals surface area contributed by atoms with Gasteiger partial charge in [-0.05, 0) is 77.0 Å². The molecule has 0 heterocycles. The standard InChI is InChI=1S/C23H28O2/c1-13-8-7-9-15-18(13)23(11-21(15,3)4)12-22(5,6)16-10-17(24)20(25)14(2)19(16)23/h7-10,24-25H,11-12H2,1-6H3. The SMILES string of the molecule is Cc1cccc2c1C1(CC2(C)C)CC(C)(C)c2cc(O)c(O)c(C)c21. The minimum Gasteiger partial charge on any atom is -0.504 e. The van der Waals surface area contributed by atoms with Crippen LogP contribution in [0.5, 0.6) is 11.5 Å². The molecular formula is C23H28O2. The lowest BCUT2D eigenvalue weighted by Crippen LogP contribution is -2.28. The van der Waals surface area contributed by atoms with Crippen molar-refractivity contribution in [1.29, 1.82) is 0 Å². The molecule has 4 rings (SSSR count). The quantitative estimate of drug-likeness (QED) is 0.636. The normalized spacial score (nSPS) is 25.2. The highest BCUT2D eigenvalue weighted by molar-refractivity contribution is 5.67. The van der Waals surface area contributed by atoms with Crippen molar-refractivity contribution in [3.63, 3.8) is 0 Å². The molecule has 0 bridgehead atoms. The lowest BCUT2D eigenvalue weighted by atomic mass is 9.70. The van der Waals surface area contributed by atoms with Gasteiger partial charge in [0, 0.05) is 5.41 Å². The molecule has 2 aromatic carbocycles. The summed E-state index contributed by atoms with van der Waals surface area (Å²) in [4.78, 5) is 0. The third-order valence-corrected chi connectivity index (χ3v) is 6.70. The van der Waals surface area contributed by atoms with Crippen LogP contribution in [0.2, 0.25) is 0 Å². The van der Waals surface area contributed by atoms with E-state index in [1.165, 1.54) is 27.8 Å². The molecule has 0 radical (unpaired) electrons. The third kappa shape index (κ3) is 1.91. The van der Waals surface area contributed by atoms with Crippen molar-refractivity contribution < 1.29 is 10.2 Å². The number of fused-ring (bicyclic) bond motifs is 4. The van der Waals surface area contributed by atoms with Crippen LogP contribution in [0.4, 0.5) is 0 Å². The summed E-state index contributed by atoms with van der Waals surface area (Å²) < 4.78 is 0. The summed E-state index contributed by atoms with van der Waals surface area (Å²) in [7, 11) is 0. The summed E-state index contributed by atoms with van der Waals surface area (Å²) in [6, 6.07) is 8.45. The number of phenols is 2. The monoisotopic (exact) mass is 336 g/mol. The molecule has 25 heavy (non-hydrogen) atoms. The fraction of sp³-hybridized carbons (Fsp3) is 0.478. The van der Waals surface area contributed by atoms with Gasteiger partial charge in [-0.2, -0.15) is 0 Å². The number of benzene rings is 2. The first-order valence-electron chi connectivity index (χ1n) is 9.18. The van der Waals surface area contributed by atoms with E-state index in [0.717, 1.165) is 18.4 Å². The molecule has 2 aliphatic carbocycles. The van der Waals surface area contributed by atoms with Crippen LogP contribution in [0.3, 0.4) is 0 Å². The molecule has 0 aliphatic heterocycles. The summed E-state index contributed by atoms with van der Waals surface area (Å²) in [5, 5.41) is 20.7. The number of hydrogen-bond acceptors (Lipinski definition) is 2. The Morgan fingerprint density at radius 2 is 1.44 bits per heavy atom. The van der Waals surface area contributed by atoms with Crippen molar-refractivity contribution >= 4 is 0 Å². The van der Waals surface area contributed by atoms with E-state index in [9.17, 15) is 10.2 Å². The molecule has 0 saturated carbocycles. The van der Waals surface area contributed by atoms with Crippen LogP contribution in [0.25, 0.3) is 0 Å². The lowest BCUT2D eigenvalue weighted by molar-refractivity contribution is 0.348. The van der Waals surface area contributed by atoms with Gasteiger partial charge < -0.3 is 10.2 Å². The van der Waals surface area contributed by atoms with E-state index < -0.39 is 0 Å². The summed E-state index contributed by atoms with van der Waals surface area (Å²) in [5.74, 6) is 0.0410. The fourth-order valence-electron chi connectivity index (χ4n) is 6.05. The van der Waals surface area contributed by atoms with Crippen molar-refractivity contribution in [3.05, 3.63) is 57.6 Å². The van der Waals surface area contributed by atoms with Gasteiger partial charge in [-0.1, -0.05) is 45.9 Å². The Kier molecular flexibility index (Phi) is 3.04. The molecule has 2 nitrogen and oxygen atoms in total. The van der Waals surface area contributed by atoms with E-state index in [0.29, 0.717) is 0 Å². The molecule has 0 fully saturated rings. The zero-order chi connectivity index (χ0) is 18.4. The molecule has 2 aromatic rings. The molecular weight excluding hydrogens is 308 g/mol. The minimum absolute atomic E-state index is 0.00337. The van der Waals surface area contributed by atoms with E-state index in [-0.39, 0.29) is 27.7 Å². The maximum atomic E-state index is 10.5. The molecule has 132 valence electrons.